The molecule has 1 aromatic rings. The lowest BCUT2D eigenvalue weighted by molar-refractivity contribution is 1.22. The van der Waals surface area contributed by atoms with Crippen LogP contribution in [-0.4, -0.2) is 5.87 Å². The van der Waals surface area contributed by atoms with E-state index in [0.717, 1.165) is 24.3 Å². The minimum absolute atomic E-state index is 0.963. The van der Waals surface area contributed by atoms with Gasteiger partial charge in [0.05, 0.1) is 5.87 Å². The molecule has 0 saturated heterocycles. The smallest absolute Gasteiger partial charge is 0.248 e. The van der Waals surface area contributed by atoms with Crippen molar-refractivity contribution in [3.63, 3.8) is 0 Å². The Morgan fingerprint density at radius 1 is 0.783 bits per heavy atom. The molecule has 1 heterocycles. The molecule has 11 heteroatoms. The van der Waals surface area contributed by atoms with E-state index in [4.69, 9.17) is 54.0 Å². The Bertz CT molecular complexity index is 721. The van der Waals surface area contributed by atoms with Gasteiger partial charge in [0.25, 0.3) is 11.8 Å². The summed E-state index contributed by atoms with van der Waals surface area (Å²) < 4.78 is 14.0. The van der Waals surface area contributed by atoms with Crippen molar-refractivity contribution < 1.29 is 0 Å². The van der Waals surface area contributed by atoms with E-state index in [1.54, 1.807) is 0 Å². The summed E-state index contributed by atoms with van der Waals surface area (Å²) >= 11 is 25.8. The Kier molecular flexibility index (Phi) is 6.58. The Hall–Kier alpha value is 1.13. The van der Waals surface area contributed by atoms with E-state index in [9.17, 15) is 0 Å². The zero-order valence-electron chi connectivity index (χ0n) is 13.3. The van der Waals surface area contributed by atoms with Crippen LogP contribution in [0.2, 0.25) is 19.0 Å². The van der Waals surface area contributed by atoms with Crippen LogP contribution < -0.4 is 5.30 Å². The minimum atomic E-state index is -2.93. The maximum absolute atomic E-state index is 6.45. The topological polar surface area (TPSA) is 37.1 Å². The minimum Gasteiger partial charge on any atom is -0.248 e. The molecule has 1 aromatic carbocycles. The van der Waals surface area contributed by atoms with Crippen LogP contribution in [0, 0.1) is 0 Å². The zero-order chi connectivity index (χ0) is 17.4. The molecule has 0 aliphatic carbocycles. The van der Waals surface area contributed by atoms with Gasteiger partial charge in [-0.05, 0) is 57.4 Å². The van der Waals surface area contributed by atoms with E-state index in [2.05, 4.69) is 25.3 Å². The highest BCUT2D eigenvalue weighted by atomic mass is 35.9. The number of nitrogens with zero attached hydrogens (tertiary/aromatic N) is 3. The number of hydrogen-bond donors (Lipinski definition) is 0. The van der Waals surface area contributed by atoms with Gasteiger partial charge in [0, 0.05) is 0 Å². The van der Waals surface area contributed by atoms with Gasteiger partial charge >= 0.3 is 0 Å². The van der Waals surface area contributed by atoms with Crippen LogP contribution in [0.5, 0.6) is 0 Å². The Morgan fingerprint density at radius 3 is 1.70 bits per heavy atom. The van der Waals surface area contributed by atoms with Crippen LogP contribution >= 0.6 is 63.9 Å². The number of hydrogen-bond acceptors (Lipinski definition) is 3. The molecule has 23 heavy (non-hydrogen) atoms. The van der Waals surface area contributed by atoms with Crippen molar-refractivity contribution >= 4 is 75.0 Å². The van der Waals surface area contributed by atoms with Crippen molar-refractivity contribution in [3.05, 3.63) is 30.3 Å². The highest BCUT2D eigenvalue weighted by molar-refractivity contribution is 8.25. The Morgan fingerprint density at radius 2 is 1.26 bits per heavy atom. The van der Waals surface area contributed by atoms with Crippen molar-refractivity contribution in [1.82, 2.24) is 0 Å². The summed E-state index contributed by atoms with van der Waals surface area (Å²) in [4.78, 5) is 0. The molecule has 0 amide bonds. The van der Waals surface area contributed by atoms with Crippen LogP contribution in [0.15, 0.2) is 43.9 Å². The number of benzene rings is 1. The first-order valence-electron chi connectivity index (χ1n) is 7.61. The normalized spacial score (nSPS) is 25.9. The number of rotatable bonds is 5. The maximum atomic E-state index is 6.45. The molecular weight excluding hydrogens is 432 g/mol. The van der Waals surface area contributed by atoms with Crippen molar-refractivity contribution in [2.45, 2.75) is 39.7 Å². The van der Waals surface area contributed by atoms with Gasteiger partial charge < -0.3 is 0 Å². The molecule has 0 N–H and O–H groups in total. The summed E-state index contributed by atoms with van der Waals surface area (Å²) in [6, 6.07) is 10.0. The summed E-state index contributed by atoms with van der Waals surface area (Å²) in [5.74, 6) is -6.82. The maximum Gasteiger partial charge on any atom is 0.252 e. The molecular formula is C12H20BCl4N3P3-. The van der Waals surface area contributed by atoms with Crippen LogP contribution in [0.4, 0.5) is 0 Å². The van der Waals surface area contributed by atoms with Crippen molar-refractivity contribution in [2.24, 2.45) is 13.5 Å². The van der Waals surface area contributed by atoms with E-state index in [1.165, 1.54) is 0 Å². The van der Waals surface area contributed by atoms with Gasteiger partial charge in [0.2, 0.25) is 0 Å². The third kappa shape index (κ3) is 3.95. The molecule has 0 saturated carbocycles. The fourth-order valence-corrected chi connectivity index (χ4v) is 22.3. The van der Waals surface area contributed by atoms with Crippen LogP contribution in [-0.2, 0) is 0 Å². The fraction of sp³-hybridized carbons (Fsp3) is 0.500. The third-order valence-corrected chi connectivity index (χ3v) is 19.1. The summed E-state index contributed by atoms with van der Waals surface area (Å²) in [5, 5.41) is 1.05. The second-order valence-corrected chi connectivity index (χ2v) is 19.4. The van der Waals surface area contributed by atoms with Crippen molar-refractivity contribution in [2.75, 3.05) is 0 Å². The lowest BCUT2D eigenvalue weighted by Gasteiger charge is -2.48. The molecule has 3 nitrogen and oxygen atoms in total. The third-order valence-electron chi connectivity index (χ3n) is 4.88. The summed E-state index contributed by atoms with van der Waals surface area (Å²) in [6.45, 7) is 6.54. The quantitative estimate of drug-likeness (QED) is 0.316. The van der Waals surface area contributed by atoms with E-state index in [0.29, 0.717) is 0 Å². The van der Waals surface area contributed by atoms with Gasteiger partial charge in [-0.2, -0.15) is 23.5 Å². The first-order valence-corrected chi connectivity index (χ1v) is 16.4. The molecule has 0 fully saturated rings. The SMILES string of the molecule is CC[B-](CC)(CC)P1(c2ccccc2)=NP(Cl)(Cl)=NP(Cl)(Cl)=N1. The van der Waals surface area contributed by atoms with Crippen LogP contribution in [0.1, 0.15) is 20.8 Å². The molecule has 0 spiro atoms. The first kappa shape index (κ1) is 20.4. The molecule has 130 valence electrons. The molecule has 1 unspecified atom stereocenters. The lowest BCUT2D eigenvalue weighted by atomic mass is 9.41. The molecule has 0 aromatic heterocycles. The average Bonchev–Trinajstić information content (AvgIpc) is 2.47. The predicted octanol–water partition coefficient (Wildman–Crippen LogP) is 9.29. The van der Waals surface area contributed by atoms with Crippen LogP contribution in [0.25, 0.3) is 0 Å². The highest BCUT2D eigenvalue weighted by Gasteiger charge is 2.42. The summed E-state index contributed by atoms with van der Waals surface area (Å²) in [7, 11) is -2.44. The van der Waals surface area contributed by atoms with E-state index < -0.39 is 24.8 Å². The van der Waals surface area contributed by atoms with E-state index >= 15 is 0 Å². The first-order chi connectivity index (χ1) is 10.7. The summed E-state index contributed by atoms with van der Waals surface area (Å²) in [6.07, 6.45) is 2.89. The van der Waals surface area contributed by atoms with Gasteiger partial charge in [-0.15, -0.1) is 0 Å². The van der Waals surface area contributed by atoms with Crippen LogP contribution in [0.3, 0.4) is 0 Å². The summed E-state index contributed by atoms with van der Waals surface area (Å²) in [5.41, 5.74) is 0. The Balaban J connectivity index is 2.99. The van der Waals surface area contributed by atoms with E-state index in [1.807, 2.05) is 30.3 Å². The lowest BCUT2D eigenvalue weighted by Crippen LogP contribution is -2.35. The molecule has 1 atom stereocenters. The molecule has 0 bridgehead atoms. The monoisotopic (exact) mass is 450 g/mol. The second-order valence-electron chi connectivity index (χ2n) is 5.80. The number of halogens is 4. The fourth-order valence-electron chi connectivity index (χ4n) is 3.43. The zero-order valence-corrected chi connectivity index (χ0v) is 19.0. The van der Waals surface area contributed by atoms with Gasteiger partial charge in [0.1, 0.15) is 0 Å². The Labute approximate surface area is 158 Å². The van der Waals surface area contributed by atoms with Gasteiger partial charge in [-0.1, -0.05) is 51.1 Å². The van der Waals surface area contributed by atoms with Gasteiger partial charge in [-0.3, -0.25) is 0 Å². The molecule has 2 rings (SSSR count). The molecule has 1 aliphatic heterocycles. The molecule has 0 radical (unpaired) electrons. The van der Waals surface area contributed by atoms with E-state index in [-0.39, 0.29) is 0 Å². The largest absolute Gasteiger partial charge is 0.252 e. The van der Waals surface area contributed by atoms with Crippen molar-refractivity contribution in [1.29, 1.82) is 0 Å². The molecule has 1 aliphatic rings. The van der Waals surface area contributed by atoms with Gasteiger partial charge in [0.15, 0.2) is 0 Å². The van der Waals surface area contributed by atoms with Gasteiger partial charge in [-0.25, -0.2) is 9.03 Å². The standard InChI is InChI=1S/C12H20BCl4N3P3/c1-4-13(5-2,6-3)21(12-10-8-7-9-11-12)18-22(14,15)20-23(16,17)19-21/h7-11H,4-6H2,1-3H3/q-1. The predicted molar refractivity (Wildman–Crippen MR) is 115 cm³/mol. The highest BCUT2D eigenvalue weighted by Crippen LogP contribution is 2.87. The van der Waals surface area contributed by atoms with Crippen molar-refractivity contribution in [3.8, 4) is 0 Å². The second kappa shape index (κ2) is 7.40. The average molecular weight is 452 g/mol.